The van der Waals surface area contributed by atoms with E-state index in [1.807, 2.05) is 38.2 Å². The molecule has 0 aliphatic rings. The predicted octanol–water partition coefficient (Wildman–Crippen LogP) is 2.33. The van der Waals surface area contributed by atoms with E-state index in [1.165, 1.54) is 0 Å². The van der Waals surface area contributed by atoms with Gasteiger partial charge in [-0.1, -0.05) is 22.0 Å². The highest BCUT2D eigenvalue weighted by Crippen LogP contribution is 2.15. The van der Waals surface area contributed by atoms with Crippen LogP contribution in [0.1, 0.15) is 16.1 Å². The molecule has 5 nitrogen and oxygen atoms in total. The fourth-order valence-corrected chi connectivity index (χ4v) is 2.20. The summed E-state index contributed by atoms with van der Waals surface area (Å²) in [7, 11) is 1.82. The molecule has 2 N–H and O–H groups in total. The topological polar surface area (TPSA) is 59.0 Å². The van der Waals surface area contributed by atoms with E-state index >= 15 is 0 Å². The summed E-state index contributed by atoms with van der Waals surface area (Å²) in [6, 6.07) is 7.91. The Labute approximate surface area is 126 Å². The van der Waals surface area contributed by atoms with Gasteiger partial charge in [-0.25, -0.2) is 0 Å². The number of carbonyl (C=O) groups is 1. The van der Waals surface area contributed by atoms with Crippen molar-refractivity contribution in [2.24, 2.45) is 7.05 Å². The SMILES string of the molecule is Cc1c(C(=O)NCCNc2cccc(Br)c2)cnn1C. The van der Waals surface area contributed by atoms with Crippen LogP contribution in [-0.4, -0.2) is 28.8 Å². The van der Waals surface area contributed by atoms with Crippen molar-refractivity contribution in [1.82, 2.24) is 15.1 Å². The summed E-state index contributed by atoms with van der Waals surface area (Å²) in [5, 5.41) is 10.2. The second-order valence-electron chi connectivity index (χ2n) is 4.46. The van der Waals surface area contributed by atoms with Crippen LogP contribution < -0.4 is 10.6 Å². The van der Waals surface area contributed by atoms with Crippen molar-refractivity contribution >= 4 is 27.5 Å². The molecule has 0 aliphatic carbocycles. The Morgan fingerprint density at radius 1 is 1.40 bits per heavy atom. The van der Waals surface area contributed by atoms with E-state index in [-0.39, 0.29) is 5.91 Å². The van der Waals surface area contributed by atoms with Crippen molar-refractivity contribution in [3.05, 3.63) is 46.2 Å². The number of anilines is 1. The highest BCUT2D eigenvalue weighted by Gasteiger charge is 2.11. The number of benzene rings is 1. The molecule has 106 valence electrons. The third kappa shape index (κ3) is 3.60. The molecule has 1 aromatic heterocycles. The van der Waals surface area contributed by atoms with Crippen LogP contribution in [0, 0.1) is 6.92 Å². The first-order valence-electron chi connectivity index (χ1n) is 6.34. The van der Waals surface area contributed by atoms with Crippen molar-refractivity contribution in [3.8, 4) is 0 Å². The molecular weight excluding hydrogens is 320 g/mol. The van der Waals surface area contributed by atoms with Crippen LogP contribution in [0.3, 0.4) is 0 Å². The van der Waals surface area contributed by atoms with Gasteiger partial charge in [-0.05, 0) is 25.1 Å². The standard InChI is InChI=1S/C14H17BrN4O/c1-10-13(9-18-19(10)2)14(20)17-7-6-16-12-5-3-4-11(15)8-12/h3-5,8-9,16H,6-7H2,1-2H3,(H,17,20). The fraction of sp³-hybridized carbons (Fsp3) is 0.286. The number of hydrogen-bond donors (Lipinski definition) is 2. The van der Waals surface area contributed by atoms with Gasteiger partial charge in [-0.3, -0.25) is 9.48 Å². The van der Waals surface area contributed by atoms with E-state index < -0.39 is 0 Å². The van der Waals surface area contributed by atoms with Gasteiger partial charge in [0, 0.05) is 36.0 Å². The van der Waals surface area contributed by atoms with E-state index in [1.54, 1.807) is 10.9 Å². The van der Waals surface area contributed by atoms with E-state index in [2.05, 4.69) is 31.7 Å². The molecule has 0 atom stereocenters. The summed E-state index contributed by atoms with van der Waals surface area (Å²) in [6.45, 7) is 3.10. The summed E-state index contributed by atoms with van der Waals surface area (Å²) in [6.07, 6.45) is 1.59. The Morgan fingerprint density at radius 2 is 2.20 bits per heavy atom. The maximum atomic E-state index is 11.9. The highest BCUT2D eigenvalue weighted by molar-refractivity contribution is 9.10. The van der Waals surface area contributed by atoms with Crippen molar-refractivity contribution < 1.29 is 4.79 Å². The first-order chi connectivity index (χ1) is 9.58. The fourth-order valence-electron chi connectivity index (χ4n) is 1.80. The van der Waals surface area contributed by atoms with Crippen LogP contribution >= 0.6 is 15.9 Å². The van der Waals surface area contributed by atoms with E-state index in [0.29, 0.717) is 18.7 Å². The number of halogens is 1. The summed E-state index contributed by atoms with van der Waals surface area (Å²) >= 11 is 3.42. The first-order valence-corrected chi connectivity index (χ1v) is 7.13. The summed E-state index contributed by atoms with van der Waals surface area (Å²) in [5.74, 6) is -0.0911. The number of aromatic nitrogens is 2. The van der Waals surface area contributed by atoms with Crippen molar-refractivity contribution in [2.75, 3.05) is 18.4 Å². The maximum Gasteiger partial charge on any atom is 0.254 e. The molecule has 1 heterocycles. The number of amides is 1. The monoisotopic (exact) mass is 336 g/mol. The van der Waals surface area contributed by atoms with Gasteiger partial charge in [0.1, 0.15) is 0 Å². The van der Waals surface area contributed by atoms with Crippen LogP contribution in [0.25, 0.3) is 0 Å². The minimum absolute atomic E-state index is 0.0911. The van der Waals surface area contributed by atoms with Gasteiger partial charge in [0.2, 0.25) is 0 Å². The van der Waals surface area contributed by atoms with E-state index in [9.17, 15) is 4.79 Å². The summed E-state index contributed by atoms with van der Waals surface area (Å²) < 4.78 is 2.71. The molecule has 0 bridgehead atoms. The van der Waals surface area contributed by atoms with Crippen LogP contribution in [0.5, 0.6) is 0 Å². The van der Waals surface area contributed by atoms with Gasteiger partial charge in [0.15, 0.2) is 0 Å². The van der Waals surface area contributed by atoms with Crippen LogP contribution in [0.15, 0.2) is 34.9 Å². The molecule has 2 aromatic rings. The van der Waals surface area contributed by atoms with E-state index in [0.717, 1.165) is 15.9 Å². The van der Waals surface area contributed by atoms with Crippen molar-refractivity contribution in [3.63, 3.8) is 0 Å². The average molecular weight is 337 g/mol. The molecule has 2 rings (SSSR count). The lowest BCUT2D eigenvalue weighted by Crippen LogP contribution is -2.29. The molecule has 6 heteroatoms. The third-order valence-electron chi connectivity index (χ3n) is 3.04. The highest BCUT2D eigenvalue weighted by atomic mass is 79.9. The molecule has 1 aromatic carbocycles. The number of rotatable bonds is 5. The van der Waals surface area contributed by atoms with Gasteiger partial charge in [0.05, 0.1) is 11.8 Å². The smallest absolute Gasteiger partial charge is 0.254 e. The molecule has 0 fully saturated rings. The average Bonchev–Trinajstić information content (AvgIpc) is 2.75. The lowest BCUT2D eigenvalue weighted by Gasteiger charge is -2.08. The number of carbonyl (C=O) groups excluding carboxylic acids is 1. The lowest BCUT2D eigenvalue weighted by atomic mass is 10.2. The number of hydrogen-bond acceptors (Lipinski definition) is 3. The zero-order valence-corrected chi connectivity index (χ0v) is 13.1. The molecule has 20 heavy (non-hydrogen) atoms. The minimum atomic E-state index is -0.0911. The number of nitrogens with zero attached hydrogens (tertiary/aromatic N) is 2. The summed E-state index contributed by atoms with van der Waals surface area (Å²) in [4.78, 5) is 11.9. The van der Waals surface area contributed by atoms with Crippen LogP contribution in [-0.2, 0) is 7.05 Å². The minimum Gasteiger partial charge on any atom is -0.383 e. The Kier molecular flexibility index (Phi) is 4.79. The van der Waals surface area contributed by atoms with Gasteiger partial charge in [0.25, 0.3) is 5.91 Å². The van der Waals surface area contributed by atoms with Gasteiger partial charge < -0.3 is 10.6 Å². The predicted molar refractivity (Wildman–Crippen MR) is 82.9 cm³/mol. The van der Waals surface area contributed by atoms with Crippen LogP contribution in [0.4, 0.5) is 5.69 Å². The molecule has 0 saturated carbocycles. The lowest BCUT2D eigenvalue weighted by molar-refractivity contribution is 0.0954. The summed E-state index contributed by atoms with van der Waals surface area (Å²) in [5.41, 5.74) is 2.50. The quantitative estimate of drug-likeness (QED) is 0.824. The second kappa shape index (κ2) is 6.56. The van der Waals surface area contributed by atoms with Gasteiger partial charge in [-0.2, -0.15) is 5.10 Å². The van der Waals surface area contributed by atoms with Crippen molar-refractivity contribution in [2.45, 2.75) is 6.92 Å². The van der Waals surface area contributed by atoms with Gasteiger partial charge >= 0.3 is 0 Å². The number of aryl methyl sites for hydroxylation is 1. The normalized spacial score (nSPS) is 10.3. The molecule has 0 unspecified atom stereocenters. The zero-order valence-electron chi connectivity index (χ0n) is 11.5. The molecule has 0 spiro atoms. The number of nitrogens with one attached hydrogen (secondary N) is 2. The van der Waals surface area contributed by atoms with E-state index in [4.69, 9.17) is 0 Å². The Hall–Kier alpha value is -1.82. The molecule has 0 aliphatic heterocycles. The zero-order chi connectivity index (χ0) is 14.5. The largest absolute Gasteiger partial charge is 0.383 e. The van der Waals surface area contributed by atoms with Gasteiger partial charge in [-0.15, -0.1) is 0 Å². The molecule has 1 amide bonds. The van der Waals surface area contributed by atoms with Crippen LogP contribution in [0.2, 0.25) is 0 Å². The third-order valence-corrected chi connectivity index (χ3v) is 3.54. The second-order valence-corrected chi connectivity index (χ2v) is 5.38. The Bertz CT molecular complexity index is 609. The maximum absolute atomic E-state index is 11.9. The molecule has 0 radical (unpaired) electrons. The molecular formula is C14H17BrN4O. The molecule has 0 saturated heterocycles. The van der Waals surface area contributed by atoms with Crippen molar-refractivity contribution in [1.29, 1.82) is 0 Å². The Morgan fingerprint density at radius 3 is 2.85 bits per heavy atom. The first kappa shape index (κ1) is 14.6. The Balaban J connectivity index is 1.79.